The molecule has 0 unspecified atom stereocenters. The van der Waals surface area contributed by atoms with Gasteiger partial charge in [-0.2, -0.15) is 25.1 Å². The molecule has 0 amide bonds. The molecule has 0 atom stereocenters. The molecule has 1 aromatic rings. The molecule has 10 nitrogen and oxygen atoms in total. The molecule has 0 spiro atoms. The molecule has 0 aromatic carbocycles. The summed E-state index contributed by atoms with van der Waals surface area (Å²) in [5.41, 5.74) is -1.21. The van der Waals surface area contributed by atoms with Crippen molar-refractivity contribution in [3.63, 3.8) is 0 Å². The Bertz CT molecular complexity index is 1140. The van der Waals surface area contributed by atoms with Gasteiger partial charge in [0.2, 0.25) is 11.9 Å². The van der Waals surface area contributed by atoms with Gasteiger partial charge in [-0.25, -0.2) is 0 Å². The van der Waals surface area contributed by atoms with Gasteiger partial charge in [-0.05, 0) is 140 Å². The number of hydrogen-bond donors (Lipinski definition) is 3. The Morgan fingerprint density at radius 1 is 0.702 bits per heavy atom. The lowest BCUT2D eigenvalue weighted by atomic mass is 9.78. The minimum absolute atomic E-state index is 0.169. The zero-order valence-corrected chi connectivity index (χ0v) is 33.0. The number of aryl methyl sites for hydroxylation is 1. The van der Waals surface area contributed by atoms with Crippen molar-refractivity contribution in [1.82, 2.24) is 30.0 Å². The predicted molar refractivity (Wildman–Crippen MR) is 194 cm³/mol. The third-order valence-corrected chi connectivity index (χ3v) is 10.4. The van der Waals surface area contributed by atoms with E-state index in [1.165, 1.54) is 6.42 Å². The highest BCUT2D eigenvalue weighted by Crippen LogP contribution is 2.41. The highest BCUT2D eigenvalue weighted by Gasteiger charge is 2.48. The van der Waals surface area contributed by atoms with E-state index in [4.69, 9.17) is 15.0 Å². The summed E-state index contributed by atoms with van der Waals surface area (Å²) in [6.45, 7) is 32.2. The van der Waals surface area contributed by atoms with Gasteiger partial charge in [0.25, 0.3) is 0 Å². The summed E-state index contributed by atoms with van der Waals surface area (Å²) < 4.78 is 0. The molecule has 2 fully saturated rings. The van der Waals surface area contributed by atoms with Gasteiger partial charge in [-0.1, -0.05) is 33.6 Å². The highest BCUT2D eigenvalue weighted by atomic mass is 16.5. The van der Waals surface area contributed by atoms with E-state index < -0.39 is 0 Å². The Morgan fingerprint density at radius 2 is 1.15 bits per heavy atom. The fraction of sp³-hybridized carbons (Fsp3) is 0.919. The van der Waals surface area contributed by atoms with Crippen LogP contribution in [0.5, 0.6) is 0 Å². The molecule has 10 heteroatoms. The van der Waals surface area contributed by atoms with Gasteiger partial charge in [-0.15, -0.1) is 0 Å². The number of piperidine rings is 2. The first-order valence-corrected chi connectivity index (χ1v) is 18.2. The van der Waals surface area contributed by atoms with E-state index >= 15 is 0 Å². The Morgan fingerprint density at radius 3 is 1.62 bits per heavy atom. The van der Waals surface area contributed by atoms with Crippen LogP contribution in [0.15, 0.2) is 0 Å². The van der Waals surface area contributed by atoms with Crippen LogP contribution in [0.1, 0.15) is 154 Å². The standard InChI is InChI=1S/C37H72N8O2/c1-27-38-30(41-33(5,6)26-32(2,3)4)40-31(39-27)43(29-24-36(11,12)45(47)37(13,14)25-29)21-19-17-16-18-20-42(15)28-22-34(7,8)44(46)35(9,10)23-28/h28-29,46-47H,16-26H2,1-15H3,(H,38,39,40,41). The summed E-state index contributed by atoms with van der Waals surface area (Å²) in [5.74, 6) is 2.08. The molecule has 2 aliphatic rings. The van der Waals surface area contributed by atoms with E-state index in [2.05, 4.69) is 112 Å². The van der Waals surface area contributed by atoms with Crippen LogP contribution in [-0.4, -0.2) is 100 Å². The Balaban J connectivity index is 1.71. The molecule has 0 radical (unpaired) electrons. The summed E-state index contributed by atoms with van der Waals surface area (Å²) in [7, 11) is 2.25. The summed E-state index contributed by atoms with van der Waals surface area (Å²) in [6, 6.07) is 0.655. The first-order chi connectivity index (χ1) is 21.2. The number of rotatable bonds is 13. The largest absolute Gasteiger partial charge is 0.349 e. The van der Waals surface area contributed by atoms with E-state index in [-0.39, 0.29) is 39.2 Å². The van der Waals surface area contributed by atoms with Crippen LogP contribution in [0.3, 0.4) is 0 Å². The molecule has 0 saturated carbocycles. The normalized spacial score (nSPS) is 22.5. The monoisotopic (exact) mass is 661 g/mol. The SMILES string of the molecule is Cc1nc(NC(C)(C)CC(C)(C)C)nc(N(CCCCCCN(C)C2CC(C)(C)N(O)C(C)(C)C2)C2CC(C)(C)N(O)C(C)(C)C2)n1. The molecule has 3 N–H and O–H groups in total. The topological polar surface area (TPSA) is 104 Å². The Labute approximate surface area is 288 Å². The van der Waals surface area contributed by atoms with Gasteiger partial charge < -0.3 is 25.5 Å². The summed E-state index contributed by atoms with van der Waals surface area (Å²) in [4.78, 5) is 19.6. The Kier molecular flexibility index (Phi) is 12.2. The van der Waals surface area contributed by atoms with Crippen LogP contribution in [0, 0.1) is 12.3 Å². The number of nitrogens with one attached hydrogen (secondary N) is 1. The maximum Gasteiger partial charge on any atom is 0.230 e. The number of anilines is 2. The van der Waals surface area contributed by atoms with E-state index in [1.807, 2.05) is 6.92 Å². The quantitative estimate of drug-likeness (QED) is 0.181. The molecule has 2 saturated heterocycles. The van der Waals surface area contributed by atoms with Crippen molar-refractivity contribution in [2.45, 2.75) is 194 Å². The van der Waals surface area contributed by atoms with Crippen LogP contribution in [0.2, 0.25) is 0 Å². The number of hydrogen-bond acceptors (Lipinski definition) is 10. The fourth-order valence-corrected chi connectivity index (χ4v) is 8.92. The molecular weight excluding hydrogens is 588 g/mol. The van der Waals surface area contributed by atoms with E-state index in [9.17, 15) is 10.4 Å². The maximum atomic E-state index is 11.1. The fourth-order valence-electron chi connectivity index (χ4n) is 8.92. The minimum Gasteiger partial charge on any atom is -0.349 e. The first-order valence-electron chi connectivity index (χ1n) is 18.2. The molecule has 3 heterocycles. The highest BCUT2D eigenvalue weighted by molar-refractivity contribution is 5.40. The van der Waals surface area contributed by atoms with E-state index in [0.717, 1.165) is 70.4 Å². The minimum atomic E-state index is -0.373. The van der Waals surface area contributed by atoms with E-state index in [0.29, 0.717) is 17.8 Å². The van der Waals surface area contributed by atoms with E-state index in [1.54, 1.807) is 10.1 Å². The Hall–Kier alpha value is -1.59. The number of unbranched alkanes of at least 4 members (excludes halogenated alkanes) is 3. The average molecular weight is 661 g/mol. The number of aromatic nitrogens is 3. The number of nitrogens with zero attached hydrogens (tertiary/aromatic N) is 7. The zero-order chi connectivity index (χ0) is 35.8. The molecule has 47 heavy (non-hydrogen) atoms. The molecule has 272 valence electrons. The summed E-state index contributed by atoms with van der Waals surface area (Å²) in [6.07, 6.45) is 9.06. The van der Waals surface area contributed by atoms with Crippen molar-refractivity contribution in [3.8, 4) is 0 Å². The van der Waals surface area contributed by atoms with Crippen LogP contribution in [0.4, 0.5) is 11.9 Å². The van der Waals surface area contributed by atoms with Crippen molar-refractivity contribution in [1.29, 1.82) is 0 Å². The van der Waals surface area contributed by atoms with Crippen LogP contribution < -0.4 is 10.2 Å². The van der Waals surface area contributed by atoms with Crippen LogP contribution >= 0.6 is 0 Å². The molecule has 2 aliphatic heterocycles. The molecular formula is C37H72N8O2. The second-order valence-electron chi connectivity index (χ2n) is 19.3. The van der Waals surface area contributed by atoms with Gasteiger partial charge >= 0.3 is 0 Å². The second-order valence-corrected chi connectivity index (χ2v) is 19.3. The van der Waals surface area contributed by atoms with Crippen molar-refractivity contribution in [2.24, 2.45) is 5.41 Å². The molecule has 3 rings (SSSR count). The lowest BCUT2D eigenvalue weighted by Gasteiger charge is -2.53. The van der Waals surface area contributed by atoms with Gasteiger partial charge in [0, 0.05) is 46.3 Å². The van der Waals surface area contributed by atoms with Crippen molar-refractivity contribution in [3.05, 3.63) is 5.82 Å². The van der Waals surface area contributed by atoms with Gasteiger partial charge in [0.15, 0.2) is 0 Å². The lowest BCUT2D eigenvalue weighted by molar-refractivity contribution is -0.251. The summed E-state index contributed by atoms with van der Waals surface area (Å²) in [5, 5.41) is 28.6. The van der Waals surface area contributed by atoms with Gasteiger partial charge in [0.05, 0.1) is 0 Å². The molecule has 1 aromatic heterocycles. The average Bonchev–Trinajstić information content (AvgIpc) is 2.86. The van der Waals surface area contributed by atoms with Gasteiger partial charge in [-0.3, -0.25) is 0 Å². The van der Waals surface area contributed by atoms with Crippen LogP contribution in [-0.2, 0) is 0 Å². The zero-order valence-electron chi connectivity index (χ0n) is 33.0. The van der Waals surface area contributed by atoms with Crippen molar-refractivity contribution < 1.29 is 10.4 Å². The lowest BCUT2D eigenvalue weighted by Crippen LogP contribution is -2.63. The van der Waals surface area contributed by atoms with Crippen molar-refractivity contribution in [2.75, 3.05) is 30.4 Å². The molecule has 0 bridgehead atoms. The third kappa shape index (κ3) is 10.7. The predicted octanol–water partition coefficient (Wildman–Crippen LogP) is 7.93. The van der Waals surface area contributed by atoms with Crippen molar-refractivity contribution >= 4 is 11.9 Å². The molecule has 0 aliphatic carbocycles. The smallest absolute Gasteiger partial charge is 0.230 e. The van der Waals surface area contributed by atoms with Crippen LogP contribution in [0.25, 0.3) is 0 Å². The first kappa shape index (κ1) is 39.8. The summed E-state index contributed by atoms with van der Waals surface area (Å²) >= 11 is 0. The maximum absolute atomic E-state index is 11.1. The number of hydroxylamine groups is 4. The third-order valence-electron chi connectivity index (χ3n) is 10.4. The van der Waals surface area contributed by atoms with Gasteiger partial charge in [0.1, 0.15) is 5.82 Å². The second kappa shape index (κ2) is 14.3.